The van der Waals surface area contributed by atoms with E-state index >= 15 is 0 Å². The van der Waals surface area contributed by atoms with Gasteiger partial charge in [-0.05, 0) is 64.7 Å². The van der Waals surface area contributed by atoms with E-state index in [-0.39, 0.29) is 0 Å². The first kappa shape index (κ1) is 28.2. The number of aromatic nitrogens is 3. The zero-order valence-electron chi connectivity index (χ0n) is 26.7. The predicted molar refractivity (Wildman–Crippen MR) is 202 cm³/mol. The molecule has 10 aromatic rings. The molecule has 3 aromatic heterocycles. The fourth-order valence-corrected chi connectivity index (χ4v) is 6.80. The molecule has 50 heavy (non-hydrogen) atoms. The van der Waals surface area contributed by atoms with Gasteiger partial charge in [0.15, 0.2) is 17.5 Å². The first-order valence-corrected chi connectivity index (χ1v) is 16.6. The minimum absolute atomic E-state index is 0.570. The van der Waals surface area contributed by atoms with E-state index in [1.54, 1.807) is 0 Å². The summed E-state index contributed by atoms with van der Waals surface area (Å²) in [6.07, 6.45) is 0. The third-order valence-corrected chi connectivity index (χ3v) is 9.36. The van der Waals surface area contributed by atoms with Crippen LogP contribution in [-0.4, -0.2) is 15.0 Å². The minimum Gasteiger partial charge on any atom is -0.456 e. The van der Waals surface area contributed by atoms with Crippen molar-refractivity contribution in [1.29, 1.82) is 0 Å². The van der Waals surface area contributed by atoms with Crippen LogP contribution in [0, 0.1) is 0 Å². The highest BCUT2D eigenvalue weighted by molar-refractivity contribution is 6.07. The van der Waals surface area contributed by atoms with E-state index in [0.29, 0.717) is 17.5 Å². The Kier molecular flexibility index (Phi) is 6.42. The molecule has 0 radical (unpaired) electrons. The Balaban J connectivity index is 1.05. The summed E-state index contributed by atoms with van der Waals surface area (Å²) in [5.41, 5.74) is 10.5. The standard InChI is InChI=1S/C45H27N3O2/c1-3-9-28(10-4-1)29-15-17-30(18-16-29)32-19-22-37-38-24-21-34(27-42(38)50-40(37)25-32)45-47-43(31-11-5-2-6-12-31)46-44(48-45)33-20-23-36-35-13-7-8-14-39(35)49-41(36)26-33/h1-27H. The fraction of sp³-hybridized carbons (Fsp3) is 0. The minimum atomic E-state index is 0.570. The van der Waals surface area contributed by atoms with E-state index < -0.39 is 0 Å². The number of hydrogen-bond donors (Lipinski definition) is 0. The number of para-hydroxylation sites is 1. The Morgan fingerprint density at radius 2 is 0.620 bits per heavy atom. The van der Waals surface area contributed by atoms with Crippen molar-refractivity contribution in [2.75, 3.05) is 0 Å². The molecule has 0 fully saturated rings. The molecular formula is C45H27N3O2. The average Bonchev–Trinajstić information content (AvgIpc) is 3.75. The largest absolute Gasteiger partial charge is 0.456 e. The van der Waals surface area contributed by atoms with Crippen LogP contribution in [0.3, 0.4) is 0 Å². The summed E-state index contributed by atoms with van der Waals surface area (Å²) in [7, 11) is 0. The Morgan fingerprint density at radius 1 is 0.260 bits per heavy atom. The summed E-state index contributed by atoms with van der Waals surface area (Å²) in [5, 5.41) is 4.26. The van der Waals surface area contributed by atoms with Crippen LogP contribution in [0.5, 0.6) is 0 Å². The molecule has 7 aromatic carbocycles. The second-order valence-corrected chi connectivity index (χ2v) is 12.4. The van der Waals surface area contributed by atoms with Crippen LogP contribution in [0.4, 0.5) is 0 Å². The van der Waals surface area contributed by atoms with E-state index in [9.17, 15) is 0 Å². The molecular weight excluding hydrogens is 615 g/mol. The van der Waals surface area contributed by atoms with Gasteiger partial charge in [-0.15, -0.1) is 0 Å². The Hall–Kier alpha value is -6.85. The molecule has 0 aliphatic heterocycles. The molecule has 5 heteroatoms. The van der Waals surface area contributed by atoms with Crippen molar-refractivity contribution in [2.24, 2.45) is 0 Å². The van der Waals surface area contributed by atoms with Crippen molar-refractivity contribution in [2.45, 2.75) is 0 Å². The number of hydrogen-bond acceptors (Lipinski definition) is 5. The summed E-state index contributed by atoms with van der Waals surface area (Å²) in [6.45, 7) is 0. The van der Waals surface area contributed by atoms with Crippen molar-refractivity contribution < 1.29 is 8.83 Å². The predicted octanol–water partition coefficient (Wildman–Crippen LogP) is 12.0. The van der Waals surface area contributed by atoms with Gasteiger partial charge >= 0.3 is 0 Å². The van der Waals surface area contributed by atoms with Gasteiger partial charge in [0.25, 0.3) is 0 Å². The molecule has 0 saturated heterocycles. The molecule has 5 nitrogen and oxygen atoms in total. The van der Waals surface area contributed by atoms with Gasteiger partial charge in [-0.25, -0.2) is 15.0 Å². The lowest BCUT2D eigenvalue weighted by Crippen LogP contribution is -2.00. The molecule has 0 bridgehead atoms. The maximum Gasteiger partial charge on any atom is 0.164 e. The maximum absolute atomic E-state index is 6.49. The molecule has 3 heterocycles. The molecule has 0 unspecified atom stereocenters. The van der Waals surface area contributed by atoms with Crippen molar-refractivity contribution >= 4 is 43.9 Å². The lowest BCUT2D eigenvalue weighted by molar-refractivity contribution is 0.669. The first-order valence-electron chi connectivity index (χ1n) is 16.6. The lowest BCUT2D eigenvalue weighted by Gasteiger charge is -2.08. The van der Waals surface area contributed by atoms with Crippen LogP contribution < -0.4 is 0 Å². The Morgan fingerprint density at radius 3 is 1.20 bits per heavy atom. The maximum atomic E-state index is 6.49. The van der Waals surface area contributed by atoms with Crippen molar-refractivity contribution in [3.63, 3.8) is 0 Å². The number of nitrogens with zero attached hydrogens (tertiary/aromatic N) is 3. The molecule has 0 saturated carbocycles. The molecule has 0 amide bonds. The fourth-order valence-electron chi connectivity index (χ4n) is 6.80. The third-order valence-electron chi connectivity index (χ3n) is 9.36. The highest BCUT2D eigenvalue weighted by Crippen LogP contribution is 2.36. The topological polar surface area (TPSA) is 65.0 Å². The van der Waals surface area contributed by atoms with Gasteiger partial charge in [-0.2, -0.15) is 0 Å². The van der Waals surface area contributed by atoms with Crippen molar-refractivity contribution in [1.82, 2.24) is 15.0 Å². The Labute approximate surface area is 287 Å². The SMILES string of the molecule is c1ccc(-c2ccc(-c3ccc4c(c3)oc3cc(-c5nc(-c6ccccc6)nc(-c6ccc7c(c6)oc6ccccc67)n5)ccc34)cc2)cc1. The second kappa shape index (κ2) is 11.4. The van der Waals surface area contributed by atoms with Crippen LogP contribution in [0.1, 0.15) is 0 Å². The van der Waals surface area contributed by atoms with E-state index in [1.807, 2.05) is 72.8 Å². The molecule has 10 rings (SSSR count). The van der Waals surface area contributed by atoms with E-state index in [0.717, 1.165) is 71.7 Å². The molecule has 0 N–H and O–H groups in total. The summed E-state index contributed by atoms with van der Waals surface area (Å²) < 4.78 is 12.7. The second-order valence-electron chi connectivity index (χ2n) is 12.4. The monoisotopic (exact) mass is 641 g/mol. The number of rotatable bonds is 5. The zero-order valence-corrected chi connectivity index (χ0v) is 26.7. The zero-order chi connectivity index (χ0) is 33.0. The molecule has 0 atom stereocenters. The highest BCUT2D eigenvalue weighted by atomic mass is 16.3. The van der Waals surface area contributed by atoms with Crippen LogP contribution >= 0.6 is 0 Å². The van der Waals surface area contributed by atoms with Gasteiger partial charge in [0.05, 0.1) is 0 Å². The normalized spacial score (nSPS) is 11.6. The smallest absolute Gasteiger partial charge is 0.164 e. The summed E-state index contributed by atoms with van der Waals surface area (Å²) >= 11 is 0. The van der Waals surface area contributed by atoms with E-state index in [2.05, 4.69) is 91.0 Å². The van der Waals surface area contributed by atoms with Gasteiger partial charge in [-0.1, -0.05) is 121 Å². The van der Waals surface area contributed by atoms with Crippen LogP contribution in [-0.2, 0) is 0 Å². The molecule has 0 spiro atoms. The van der Waals surface area contributed by atoms with Gasteiger partial charge in [0.2, 0.25) is 0 Å². The van der Waals surface area contributed by atoms with Gasteiger partial charge < -0.3 is 8.83 Å². The highest BCUT2D eigenvalue weighted by Gasteiger charge is 2.16. The van der Waals surface area contributed by atoms with E-state index in [4.69, 9.17) is 23.8 Å². The summed E-state index contributed by atoms with van der Waals surface area (Å²) in [4.78, 5) is 14.9. The van der Waals surface area contributed by atoms with Crippen LogP contribution in [0.2, 0.25) is 0 Å². The van der Waals surface area contributed by atoms with Gasteiger partial charge in [0, 0.05) is 38.2 Å². The van der Waals surface area contributed by atoms with Crippen LogP contribution in [0.25, 0.3) is 100 Å². The van der Waals surface area contributed by atoms with Crippen molar-refractivity contribution in [3.8, 4) is 56.4 Å². The van der Waals surface area contributed by atoms with E-state index in [1.165, 1.54) is 11.1 Å². The molecule has 0 aliphatic rings. The number of furan rings is 2. The van der Waals surface area contributed by atoms with Crippen LogP contribution in [0.15, 0.2) is 173 Å². The number of benzene rings is 7. The summed E-state index contributed by atoms with van der Waals surface area (Å²) in [5.74, 6) is 1.74. The average molecular weight is 642 g/mol. The first-order chi connectivity index (χ1) is 24.7. The lowest BCUT2D eigenvalue weighted by atomic mass is 9.99. The quantitative estimate of drug-likeness (QED) is 0.187. The summed E-state index contributed by atoms with van der Waals surface area (Å²) in [6, 6.07) is 55.9. The van der Waals surface area contributed by atoms with Gasteiger partial charge in [-0.3, -0.25) is 0 Å². The molecule has 0 aliphatic carbocycles. The number of fused-ring (bicyclic) bond motifs is 6. The molecule has 234 valence electrons. The van der Waals surface area contributed by atoms with Gasteiger partial charge in [0.1, 0.15) is 22.3 Å². The third kappa shape index (κ3) is 4.83. The Bertz CT molecular complexity index is 2850. The van der Waals surface area contributed by atoms with Crippen molar-refractivity contribution in [3.05, 3.63) is 164 Å².